The van der Waals surface area contributed by atoms with E-state index < -0.39 is 0 Å². The van der Waals surface area contributed by atoms with Gasteiger partial charge < -0.3 is 19.9 Å². The quantitative estimate of drug-likeness (QED) is 0.678. The number of hydrogen-bond acceptors (Lipinski definition) is 5. The summed E-state index contributed by atoms with van der Waals surface area (Å²) in [5.41, 5.74) is 7.74. The molecule has 3 rings (SSSR count). The van der Waals surface area contributed by atoms with Gasteiger partial charge in [0, 0.05) is 19.4 Å². The van der Waals surface area contributed by atoms with Gasteiger partial charge in [-0.15, -0.1) is 12.4 Å². The van der Waals surface area contributed by atoms with Crippen molar-refractivity contribution in [1.82, 2.24) is 0 Å². The van der Waals surface area contributed by atoms with Gasteiger partial charge in [0.25, 0.3) is 0 Å². The van der Waals surface area contributed by atoms with E-state index in [4.69, 9.17) is 19.9 Å². The van der Waals surface area contributed by atoms with Crippen LogP contribution < -0.4 is 10.6 Å². The molecule has 1 aromatic rings. The normalized spacial score (nSPS) is 25.2. The van der Waals surface area contributed by atoms with Crippen LogP contribution >= 0.6 is 12.4 Å². The molecule has 0 radical (unpaired) electrons. The Hall–Kier alpha value is -1.34. The minimum Gasteiger partial charge on any atom is -0.441 e. The molecule has 0 bridgehead atoms. The lowest BCUT2D eigenvalue weighted by Crippen LogP contribution is -2.25. The van der Waals surface area contributed by atoms with E-state index in [1.165, 1.54) is 5.56 Å². The van der Waals surface area contributed by atoms with Crippen LogP contribution in [0.2, 0.25) is 0 Å². The van der Waals surface area contributed by atoms with E-state index in [9.17, 15) is 4.79 Å². The highest BCUT2D eigenvalue weighted by Crippen LogP contribution is 2.35. The average Bonchev–Trinajstić information content (AvgIpc) is 3.03. The van der Waals surface area contributed by atoms with E-state index in [-0.39, 0.29) is 24.6 Å². The molecule has 1 heterocycles. The van der Waals surface area contributed by atoms with Crippen LogP contribution in [0.3, 0.4) is 0 Å². The summed E-state index contributed by atoms with van der Waals surface area (Å²) in [7, 11) is 1.61. The molecule has 0 aromatic heterocycles. The van der Waals surface area contributed by atoms with Gasteiger partial charge in [0.1, 0.15) is 6.10 Å². The fourth-order valence-electron chi connectivity index (χ4n) is 3.83. The zero-order valence-corrected chi connectivity index (χ0v) is 16.8. The first kappa shape index (κ1) is 22.0. The number of rotatable bonds is 8. The minimum absolute atomic E-state index is 0. The fourth-order valence-corrected chi connectivity index (χ4v) is 3.83. The third kappa shape index (κ3) is 5.82. The van der Waals surface area contributed by atoms with Crippen molar-refractivity contribution in [1.29, 1.82) is 0 Å². The molecule has 1 aliphatic heterocycles. The zero-order valence-electron chi connectivity index (χ0n) is 16.0. The van der Waals surface area contributed by atoms with Crippen LogP contribution in [0, 0.1) is 0 Å². The van der Waals surface area contributed by atoms with Crippen LogP contribution in [0.15, 0.2) is 24.3 Å². The molecule has 2 aliphatic rings. The molecule has 1 atom stereocenters. The Morgan fingerprint density at radius 2 is 1.89 bits per heavy atom. The number of nitrogens with zero attached hydrogens (tertiary/aromatic N) is 1. The second kappa shape index (κ2) is 10.9. The number of hydrogen-bond donors (Lipinski definition) is 1. The molecule has 6 nitrogen and oxygen atoms in total. The van der Waals surface area contributed by atoms with E-state index in [2.05, 4.69) is 12.1 Å². The van der Waals surface area contributed by atoms with Crippen LogP contribution in [-0.2, 0) is 14.2 Å². The Balaban J connectivity index is 0.00000261. The van der Waals surface area contributed by atoms with Gasteiger partial charge in [0.2, 0.25) is 0 Å². The smallest absolute Gasteiger partial charge is 0.414 e. The molecular formula is C20H31ClN2O4. The van der Waals surface area contributed by atoms with E-state index in [0.29, 0.717) is 31.7 Å². The van der Waals surface area contributed by atoms with Gasteiger partial charge in [-0.3, -0.25) is 4.90 Å². The number of ether oxygens (including phenoxy) is 3. The van der Waals surface area contributed by atoms with Gasteiger partial charge in [0.15, 0.2) is 0 Å². The van der Waals surface area contributed by atoms with Crippen LogP contribution in [0.4, 0.5) is 10.5 Å². The standard InChI is InChI=1S/C20H30N2O4.ClH/c1-24-14-19-13-22(20(23)26-19)17-7-3-15(4-8-17)16-5-9-18(10-6-16)25-12-2-11-21;/h3-4,7-8,16,18-19H,2,5-6,9-14,21H2,1H3;1H. The van der Waals surface area contributed by atoms with Gasteiger partial charge in [-0.2, -0.15) is 0 Å². The Kier molecular flexibility index (Phi) is 8.83. The zero-order chi connectivity index (χ0) is 18.4. The molecule has 1 saturated heterocycles. The Bertz CT molecular complexity index is 576. The Labute approximate surface area is 167 Å². The largest absolute Gasteiger partial charge is 0.441 e. The van der Waals surface area contributed by atoms with Crippen LogP contribution in [0.1, 0.15) is 43.6 Å². The highest BCUT2D eigenvalue weighted by Gasteiger charge is 2.32. The van der Waals surface area contributed by atoms with Gasteiger partial charge in [-0.1, -0.05) is 12.1 Å². The SMILES string of the molecule is COCC1CN(c2ccc(C3CCC(OCCCN)CC3)cc2)C(=O)O1.Cl. The molecule has 1 saturated carbocycles. The maximum atomic E-state index is 12.0. The summed E-state index contributed by atoms with van der Waals surface area (Å²) in [5, 5.41) is 0. The van der Waals surface area contributed by atoms with E-state index in [1.807, 2.05) is 12.1 Å². The second-order valence-corrected chi connectivity index (χ2v) is 7.15. The molecule has 1 aromatic carbocycles. The van der Waals surface area contributed by atoms with Crippen molar-refractivity contribution in [3.63, 3.8) is 0 Å². The van der Waals surface area contributed by atoms with Gasteiger partial charge >= 0.3 is 6.09 Å². The first-order valence-electron chi connectivity index (χ1n) is 9.60. The highest BCUT2D eigenvalue weighted by molar-refractivity contribution is 5.89. The van der Waals surface area contributed by atoms with Crippen LogP contribution in [0.5, 0.6) is 0 Å². The summed E-state index contributed by atoms with van der Waals surface area (Å²) in [4.78, 5) is 13.7. The van der Waals surface area contributed by atoms with Crippen molar-refractivity contribution < 1.29 is 19.0 Å². The average molecular weight is 399 g/mol. The monoisotopic (exact) mass is 398 g/mol. The number of nitrogens with two attached hydrogens (primary N) is 1. The number of cyclic esters (lactones) is 1. The third-order valence-electron chi connectivity index (χ3n) is 5.28. The number of methoxy groups -OCH3 is 1. The highest BCUT2D eigenvalue weighted by atomic mass is 35.5. The lowest BCUT2D eigenvalue weighted by Gasteiger charge is -2.29. The summed E-state index contributed by atoms with van der Waals surface area (Å²) in [6.45, 7) is 2.43. The number of carbonyl (C=O) groups excluding carboxylic acids is 1. The van der Waals surface area contributed by atoms with Crippen molar-refractivity contribution in [3.05, 3.63) is 29.8 Å². The lowest BCUT2D eigenvalue weighted by molar-refractivity contribution is 0.0243. The third-order valence-corrected chi connectivity index (χ3v) is 5.28. The minimum atomic E-state index is -0.296. The Morgan fingerprint density at radius 1 is 1.19 bits per heavy atom. The molecule has 1 aliphatic carbocycles. The predicted octanol–water partition coefficient (Wildman–Crippen LogP) is 3.47. The van der Waals surface area contributed by atoms with Crippen molar-refractivity contribution >= 4 is 24.2 Å². The molecule has 1 amide bonds. The first-order chi connectivity index (χ1) is 12.7. The lowest BCUT2D eigenvalue weighted by atomic mass is 9.82. The molecule has 2 fully saturated rings. The van der Waals surface area contributed by atoms with E-state index in [1.54, 1.807) is 12.0 Å². The summed E-state index contributed by atoms with van der Waals surface area (Å²) in [6.07, 6.45) is 5.34. The summed E-state index contributed by atoms with van der Waals surface area (Å²) < 4.78 is 16.3. The van der Waals surface area contributed by atoms with Gasteiger partial charge in [0.05, 0.1) is 19.3 Å². The molecule has 27 heavy (non-hydrogen) atoms. The number of carbonyl (C=O) groups is 1. The molecule has 0 spiro atoms. The number of halogens is 1. The van der Waals surface area contributed by atoms with Crippen molar-refractivity contribution in [3.8, 4) is 0 Å². The molecule has 2 N–H and O–H groups in total. The van der Waals surface area contributed by atoms with Crippen molar-refractivity contribution in [2.75, 3.05) is 38.3 Å². The number of amides is 1. The van der Waals surface area contributed by atoms with E-state index in [0.717, 1.165) is 44.4 Å². The second-order valence-electron chi connectivity index (χ2n) is 7.15. The van der Waals surface area contributed by atoms with Gasteiger partial charge in [-0.05, 0) is 62.3 Å². The van der Waals surface area contributed by atoms with Gasteiger partial charge in [-0.25, -0.2) is 4.79 Å². The summed E-state index contributed by atoms with van der Waals surface area (Å²) >= 11 is 0. The molecule has 1 unspecified atom stereocenters. The first-order valence-corrected chi connectivity index (χ1v) is 9.60. The molecule has 7 heteroatoms. The topological polar surface area (TPSA) is 74.0 Å². The maximum absolute atomic E-state index is 12.0. The fraction of sp³-hybridized carbons (Fsp3) is 0.650. The summed E-state index contributed by atoms with van der Waals surface area (Å²) in [6, 6.07) is 8.34. The van der Waals surface area contributed by atoms with Crippen molar-refractivity contribution in [2.45, 2.75) is 50.2 Å². The Morgan fingerprint density at radius 3 is 2.52 bits per heavy atom. The number of benzene rings is 1. The summed E-state index contributed by atoms with van der Waals surface area (Å²) in [5.74, 6) is 0.574. The maximum Gasteiger partial charge on any atom is 0.414 e. The van der Waals surface area contributed by atoms with Crippen LogP contribution in [-0.4, -0.2) is 51.7 Å². The molecule has 152 valence electrons. The number of anilines is 1. The van der Waals surface area contributed by atoms with Crippen molar-refractivity contribution in [2.24, 2.45) is 5.73 Å². The molecular weight excluding hydrogens is 368 g/mol. The van der Waals surface area contributed by atoms with E-state index >= 15 is 0 Å². The predicted molar refractivity (Wildman–Crippen MR) is 108 cm³/mol. The van der Waals surface area contributed by atoms with Crippen LogP contribution in [0.25, 0.3) is 0 Å².